The number of nitrogens with one attached hydrogen (secondary N) is 1. The Hall–Kier alpha value is -3.09. The zero-order chi connectivity index (χ0) is 21.2. The minimum Gasteiger partial charge on any atom is -0.497 e. The minimum absolute atomic E-state index is 0.648. The Bertz CT molecular complexity index is 824. The second-order valence-corrected chi connectivity index (χ2v) is 6.44. The number of ether oxygens (including phenoxy) is 4. The summed E-state index contributed by atoms with van der Waals surface area (Å²) in [7, 11) is 10.4. The van der Waals surface area contributed by atoms with E-state index in [0.717, 1.165) is 46.5 Å². The second kappa shape index (κ2) is 11.0. The van der Waals surface area contributed by atoms with E-state index in [1.165, 1.54) is 0 Å². The smallest absolute Gasteiger partial charge is 0.193 e. The maximum Gasteiger partial charge on any atom is 0.193 e. The lowest BCUT2D eigenvalue weighted by molar-refractivity contribution is 0.382. The van der Waals surface area contributed by atoms with Crippen molar-refractivity contribution in [2.45, 2.75) is 13.0 Å². The number of hydrogen-bond acceptors (Lipinski definition) is 5. The van der Waals surface area contributed by atoms with Gasteiger partial charge in [-0.15, -0.1) is 0 Å². The van der Waals surface area contributed by atoms with Crippen LogP contribution in [0, 0.1) is 0 Å². The van der Waals surface area contributed by atoms with Crippen LogP contribution in [0.1, 0.15) is 11.1 Å². The van der Waals surface area contributed by atoms with Crippen LogP contribution in [-0.4, -0.2) is 59.9 Å². The topological polar surface area (TPSA) is 64.6 Å². The van der Waals surface area contributed by atoms with Crippen molar-refractivity contribution in [2.75, 3.05) is 49.1 Å². The summed E-state index contributed by atoms with van der Waals surface area (Å²) in [4.78, 5) is 6.44. The Morgan fingerprint density at radius 3 is 2.14 bits per heavy atom. The average molecular weight is 402 g/mol. The highest BCUT2D eigenvalue weighted by molar-refractivity contribution is 5.79. The number of benzene rings is 2. The van der Waals surface area contributed by atoms with Crippen LogP contribution in [0.25, 0.3) is 0 Å². The van der Waals surface area contributed by atoms with Crippen molar-refractivity contribution in [3.63, 3.8) is 0 Å². The highest BCUT2D eigenvalue weighted by Crippen LogP contribution is 2.26. The van der Waals surface area contributed by atoms with E-state index in [9.17, 15) is 0 Å². The van der Waals surface area contributed by atoms with Crippen LogP contribution in [0.4, 0.5) is 0 Å². The van der Waals surface area contributed by atoms with Gasteiger partial charge in [0.2, 0.25) is 0 Å². The van der Waals surface area contributed by atoms with E-state index in [1.54, 1.807) is 35.5 Å². The number of guanidine groups is 1. The van der Waals surface area contributed by atoms with Gasteiger partial charge in [0.15, 0.2) is 5.96 Å². The van der Waals surface area contributed by atoms with Gasteiger partial charge in [0.05, 0.1) is 28.4 Å². The molecule has 0 amide bonds. The molecule has 2 aromatic carbocycles. The zero-order valence-corrected chi connectivity index (χ0v) is 18.1. The third kappa shape index (κ3) is 5.94. The normalized spacial score (nSPS) is 11.0. The molecule has 0 unspecified atom stereocenters. The van der Waals surface area contributed by atoms with Crippen LogP contribution in [0.15, 0.2) is 41.4 Å². The minimum atomic E-state index is 0.648. The summed E-state index contributed by atoms with van der Waals surface area (Å²) in [5, 5.41) is 3.40. The molecule has 0 aliphatic rings. The van der Waals surface area contributed by atoms with Gasteiger partial charge < -0.3 is 29.2 Å². The summed E-state index contributed by atoms with van der Waals surface area (Å²) in [6.45, 7) is 1.36. The number of nitrogens with zero attached hydrogens (tertiary/aromatic N) is 2. The van der Waals surface area contributed by atoms with E-state index in [4.69, 9.17) is 18.9 Å². The van der Waals surface area contributed by atoms with Gasteiger partial charge in [0.1, 0.15) is 23.0 Å². The standard InChI is InChI=1S/C22H31N3O4/c1-23-22(24-12-11-16-13-18(26-3)9-10-20(16)28-5)25(2)15-17-7-8-19(27-4)14-21(17)29-6/h7-10,13-14H,11-12,15H2,1-6H3,(H,23,24). The molecule has 0 aliphatic heterocycles. The van der Waals surface area contributed by atoms with Crippen molar-refractivity contribution in [1.82, 2.24) is 10.2 Å². The SMILES string of the molecule is CN=C(NCCc1cc(OC)ccc1OC)N(C)Cc1ccc(OC)cc1OC. The first-order chi connectivity index (χ1) is 14.1. The molecule has 0 atom stereocenters. The van der Waals surface area contributed by atoms with Crippen molar-refractivity contribution in [1.29, 1.82) is 0 Å². The lowest BCUT2D eigenvalue weighted by Gasteiger charge is -2.23. The maximum absolute atomic E-state index is 5.50. The van der Waals surface area contributed by atoms with Crippen LogP contribution in [0.2, 0.25) is 0 Å². The van der Waals surface area contributed by atoms with Crippen molar-refractivity contribution in [2.24, 2.45) is 4.99 Å². The van der Waals surface area contributed by atoms with Gasteiger partial charge in [-0.05, 0) is 42.3 Å². The van der Waals surface area contributed by atoms with Gasteiger partial charge in [-0.25, -0.2) is 0 Å². The average Bonchev–Trinajstić information content (AvgIpc) is 2.76. The summed E-state index contributed by atoms with van der Waals surface area (Å²) in [6.07, 6.45) is 0.777. The highest BCUT2D eigenvalue weighted by atomic mass is 16.5. The molecule has 0 aromatic heterocycles. The molecular weight excluding hydrogens is 370 g/mol. The number of methoxy groups -OCH3 is 4. The highest BCUT2D eigenvalue weighted by Gasteiger charge is 2.12. The Kier molecular flexibility index (Phi) is 8.45. The lowest BCUT2D eigenvalue weighted by Crippen LogP contribution is -2.39. The molecular formula is C22H31N3O4. The third-order valence-corrected chi connectivity index (χ3v) is 4.64. The Morgan fingerprint density at radius 1 is 0.862 bits per heavy atom. The molecule has 0 aliphatic carbocycles. The molecule has 2 aromatic rings. The summed E-state index contributed by atoms with van der Waals surface area (Å²) in [6, 6.07) is 11.6. The quantitative estimate of drug-likeness (QED) is 0.515. The monoisotopic (exact) mass is 401 g/mol. The first-order valence-electron chi connectivity index (χ1n) is 9.39. The Balaban J connectivity index is 2.00. The van der Waals surface area contributed by atoms with Gasteiger partial charge in [0, 0.05) is 38.8 Å². The molecule has 0 fully saturated rings. The number of hydrogen-bond donors (Lipinski definition) is 1. The van der Waals surface area contributed by atoms with E-state index < -0.39 is 0 Å². The molecule has 7 nitrogen and oxygen atoms in total. The summed E-state index contributed by atoms with van der Waals surface area (Å²) in [5.74, 6) is 4.01. The molecule has 0 spiro atoms. The van der Waals surface area contributed by atoms with Crippen LogP contribution in [0.3, 0.4) is 0 Å². The van der Waals surface area contributed by atoms with Crippen LogP contribution in [-0.2, 0) is 13.0 Å². The van der Waals surface area contributed by atoms with Crippen molar-refractivity contribution in [3.8, 4) is 23.0 Å². The molecule has 1 N–H and O–H groups in total. The maximum atomic E-state index is 5.50. The molecule has 0 saturated heterocycles. The summed E-state index contributed by atoms with van der Waals surface area (Å²) < 4.78 is 21.5. The first-order valence-corrected chi connectivity index (χ1v) is 9.39. The predicted molar refractivity (Wildman–Crippen MR) is 116 cm³/mol. The predicted octanol–water partition coefficient (Wildman–Crippen LogP) is 2.97. The fourth-order valence-corrected chi connectivity index (χ4v) is 3.08. The molecule has 0 saturated carbocycles. The Labute approximate surface area is 173 Å². The third-order valence-electron chi connectivity index (χ3n) is 4.64. The fraction of sp³-hybridized carbons (Fsp3) is 0.409. The van der Waals surface area contributed by atoms with Crippen molar-refractivity contribution < 1.29 is 18.9 Å². The van der Waals surface area contributed by atoms with Crippen molar-refractivity contribution >= 4 is 5.96 Å². The molecule has 2 rings (SSSR count). The lowest BCUT2D eigenvalue weighted by atomic mass is 10.1. The van der Waals surface area contributed by atoms with Crippen molar-refractivity contribution in [3.05, 3.63) is 47.5 Å². The molecule has 0 heterocycles. The molecule has 0 radical (unpaired) electrons. The summed E-state index contributed by atoms with van der Waals surface area (Å²) >= 11 is 0. The van der Waals surface area contributed by atoms with Gasteiger partial charge in [-0.3, -0.25) is 4.99 Å². The van der Waals surface area contributed by atoms with E-state index >= 15 is 0 Å². The summed E-state index contributed by atoms with van der Waals surface area (Å²) in [5.41, 5.74) is 2.13. The second-order valence-electron chi connectivity index (χ2n) is 6.44. The van der Waals surface area contributed by atoms with E-state index in [-0.39, 0.29) is 0 Å². The Morgan fingerprint density at radius 2 is 1.52 bits per heavy atom. The molecule has 29 heavy (non-hydrogen) atoms. The van der Waals surface area contributed by atoms with Crippen LogP contribution >= 0.6 is 0 Å². The van der Waals surface area contributed by atoms with E-state index in [1.807, 2.05) is 48.3 Å². The number of rotatable bonds is 9. The van der Waals surface area contributed by atoms with Crippen LogP contribution < -0.4 is 24.3 Å². The molecule has 7 heteroatoms. The zero-order valence-electron chi connectivity index (χ0n) is 18.1. The molecule has 0 bridgehead atoms. The van der Waals surface area contributed by atoms with E-state index in [2.05, 4.69) is 10.3 Å². The number of aliphatic imine (C=N–C) groups is 1. The van der Waals surface area contributed by atoms with Gasteiger partial charge in [0.25, 0.3) is 0 Å². The van der Waals surface area contributed by atoms with Gasteiger partial charge in [-0.2, -0.15) is 0 Å². The molecule has 158 valence electrons. The van der Waals surface area contributed by atoms with Gasteiger partial charge in [-0.1, -0.05) is 0 Å². The fourth-order valence-electron chi connectivity index (χ4n) is 3.08. The largest absolute Gasteiger partial charge is 0.497 e. The van der Waals surface area contributed by atoms with Crippen LogP contribution in [0.5, 0.6) is 23.0 Å². The first kappa shape index (κ1) is 22.2. The van der Waals surface area contributed by atoms with Gasteiger partial charge >= 0.3 is 0 Å². The van der Waals surface area contributed by atoms with E-state index in [0.29, 0.717) is 13.1 Å².